The monoisotopic (exact) mass is 466 g/mol. The minimum atomic E-state index is -3.53. The molecule has 7 nitrogen and oxygen atoms in total. The Morgan fingerprint density at radius 3 is 2.82 bits per heavy atom. The van der Waals surface area contributed by atoms with Crippen molar-refractivity contribution in [3.63, 3.8) is 0 Å². The van der Waals surface area contributed by atoms with Crippen LogP contribution in [0, 0.1) is 12.7 Å². The second kappa shape index (κ2) is 9.13. The summed E-state index contributed by atoms with van der Waals surface area (Å²) in [5.41, 5.74) is 5.13. The summed E-state index contributed by atoms with van der Waals surface area (Å²) in [7, 11) is -2.07. The molecule has 170 valence electrons. The zero-order valence-corrected chi connectivity index (χ0v) is 19.1. The average molecular weight is 467 g/mol. The summed E-state index contributed by atoms with van der Waals surface area (Å²) in [5.74, 6) is 0.127. The summed E-state index contributed by atoms with van der Waals surface area (Å²) in [6, 6.07) is 10.4. The summed E-state index contributed by atoms with van der Waals surface area (Å²) < 4.78 is 45.1. The molecule has 0 radical (unpaired) electrons. The van der Waals surface area contributed by atoms with Gasteiger partial charge in [0.05, 0.1) is 22.9 Å². The van der Waals surface area contributed by atoms with Gasteiger partial charge in [-0.2, -0.15) is 4.31 Å². The van der Waals surface area contributed by atoms with Crippen LogP contribution in [-0.4, -0.2) is 47.9 Å². The van der Waals surface area contributed by atoms with Crippen molar-refractivity contribution in [1.29, 1.82) is 0 Å². The van der Waals surface area contributed by atoms with Crippen LogP contribution in [-0.2, 0) is 10.0 Å². The van der Waals surface area contributed by atoms with E-state index in [4.69, 9.17) is 4.74 Å². The maximum absolute atomic E-state index is 14.3. The van der Waals surface area contributed by atoms with Gasteiger partial charge >= 0.3 is 0 Å². The molecule has 0 saturated carbocycles. The average Bonchev–Trinajstić information content (AvgIpc) is 3.18. The molecule has 0 aliphatic heterocycles. The Morgan fingerprint density at radius 2 is 2.06 bits per heavy atom. The minimum Gasteiger partial charge on any atom is -0.490 e. The second-order valence-corrected chi connectivity index (χ2v) is 9.53. The Labute approximate surface area is 191 Å². The molecule has 0 aliphatic rings. The lowest BCUT2D eigenvalue weighted by molar-refractivity contribution is 0.288. The first-order chi connectivity index (χ1) is 15.8. The fraction of sp³-hybridized carbons (Fsp3) is 0.167. The lowest BCUT2D eigenvalue weighted by Gasteiger charge is -2.16. The van der Waals surface area contributed by atoms with Crippen molar-refractivity contribution in [1.82, 2.24) is 19.3 Å². The molecule has 0 fully saturated rings. The number of rotatable bonds is 8. The number of fused-ring (bicyclic) bond motifs is 1. The molecule has 0 saturated heterocycles. The highest BCUT2D eigenvalue weighted by atomic mass is 32.2. The number of benzene rings is 1. The largest absolute Gasteiger partial charge is 0.490 e. The molecule has 9 heteroatoms. The van der Waals surface area contributed by atoms with Gasteiger partial charge in [-0.1, -0.05) is 12.6 Å². The van der Waals surface area contributed by atoms with E-state index in [1.54, 1.807) is 24.7 Å². The van der Waals surface area contributed by atoms with Gasteiger partial charge < -0.3 is 9.72 Å². The molecule has 3 aromatic heterocycles. The van der Waals surface area contributed by atoms with Crippen LogP contribution in [0.2, 0.25) is 0 Å². The van der Waals surface area contributed by atoms with E-state index in [0.29, 0.717) is 28.1 Å². The zero-order valence-electron chi connectivity index (χ0n) is 18.2. The van der Waals surface area contributed by atoms with Crippen molar-refractivity contribution in [3.05, 3.63) is 78.4 Å². The van der Waals surface area contributed by atoms with Gasteiger partial charge in [-0.25, -0.2) is 12.8 Å². The van der Waals surface area contributed by atoms with E-state index in [9.17, 15) is 12.8 Å². The molecule has 0 aliphatic carbocycles. The first kappa shape index (κ1) is 22.6. The molecular weight excluding hydrogens is 443 g/mol. The number of aryl methyl sites for hydroxylation is 1. The number of ether oxygens (including phenoxy) is 1. The molecule has 3 heterocycles. The smallest absolute Gasteiger partial charge is 0.235 e. The van der Waals surface area contributed by atoms with E-state index >= 15 is 0 Å². The Hall–Kier alpha value is -3.56. The first-order valence-corrected chi connectivity index (χ1v) is 11.7. The molecule has 1 aromatic carbocycles. The molecular formula is C24H23FN4O3S. The van der Waals surface area contributed by atoms with Crippen molar-refractivity contribution < 1.29 is 17.5 Å². The third kappa shape index (κ3) is 4.64. The number of aromatic amines is 1. The van der Waals surface area contributed by atoms with Gasteiger partial charge in [0.25, 0.3) is 0 Å². The van der Waals surface area contributed by atoms with Crippen molar-refractivity contribution in [2.24, 2.45) is 0 Å². The quantitative estimate of drug-likeness (QED) is 0.412. The van der Waals surface area contributed by atoms with Crippen LogP contribution >= 0.6 is 0 Å². The maximum Gasteiger partial charge on any atom is 0.235 e. The molecule has 0 bridgehead atoms. The van der Waals surface area contributed by atoms with Crippen molar-refractivity contribution >= 4 is 21.1 Å². The summed E-state index contributed by atoms with van der Waals surface area (Å²) in [5, 5.41) is 0.896. The van der Waals surface area contributed by atoms with E-state index in [1.807, 2.05) is 25.1 Å². The topological polar surface area (TPSA) is 88.2 Å². The third-order valence-corrected chi connectivity index (χ3v) is 6.72. The van der Waals surface area contributed by atoms with Gasteiger partial charge in [0, 0.05) is 42.5 Å². The maximum atomic E-state index is 14.3. The number of hydrogen-bond donors (Lipinski definition) is 1. The normalized spacial score (nSPS) is 11.8. The predicted octanol–water partition coefficient (Wildman–Crippen LogP) is 4.52. The molecule has 4 rings (SSSR count). The molecule has 0 spiro atoms. The number of likely N-dealkylation sites (N-methyl/N-ethyl adjacent to an activating group) is 1. The number of sulfonamides is 1. The highest BCUT2D eigenvalue weighted by Gasteiger charge is 2.20. The molecule has 1 N–H and O–H groups in total. The number of H-pyrrole nitrogens is 1. The van der Waals surface area contributed by atoms with Gasteiger partial charge in [0.1, 0.15) is 18.2 Å². The second-order valence-electron chi connectivity index (χ2n) is 7.55. The van der Waals surface area contributed by atoms with Crippen molar-refractivity contribution in [3.8, 4) is 28.1 Å². The Kier molecular flexibility index (Phi) is 6.26. The van der Waals surface area contributed by atoms with Crippen LogP contribution in [0.3, 0.4) is 0 Å². The first-order valence-electron chi connectivity index (χ1n) is 10.2. The molecule has 0 atom stereocenters. The fourth-order valence-electron chi connectivity index (χ4n) is 3.62. The fourth-order valence-corrected chi connectivity index (χ4v) is 4.21. The lowest BCUT2D eigenvalue weighted by Crippen LogP contribution is -2.29. The van der Waals surface area contributed by atoms with Crippen LogP contribution in [0.1, 0.15) is 5.56 Å². The number of pyridine rings is 2. The summed E-state index contributed by atoms with van der Waals surface area (Å²) in [6.45, 7) is 5.40. The van der Waals surface area contributed by atoms with E-state index in [2.05, 4.69) is 21.5 Å². The van der Waals surface area contributed by atoms with Crippen LogP contribution < -0.4 is 4.74 Å². The van der Waals surface area contributed by atoms with E-state index < -0.39 is 10.0 Å². The SMILES string of the molecule is C=CS(=O)(=O)N(C)CCOc1cnccc1-c1[nH]c2cccnc2c1-c1cc(C)cc(F)c1. The molecule has 33 heavy (non-hydrogen) atoms. The van der Waals surface area contributed by atoms with Gasteiger partial charge in [-0.3, -0.25) is 9.97 Å². The van der Waals surface area contributed by atoms with Crippen LogP contribution in [0.25, 0.3) is 33.4 Å². The number of halogens is 1. The standard InChI is InChI=1S/C24H23FN4O3S/c1-4-33(30,31)29(3)10-11-32-21-15-26-9-7-19(21)23-22(17-12-16(2)13-18(25)14-17)24-20(28-23)6-5-8-27-24/h4-9,12-15,28H,1,10-11H2,2-3H3. The Balaban J connectivity index is 1.77. The molecule has 4 aromatic rings. The summed E-state index contributed by atoms with van der Waals surface area (Å²) >= 11 is 0. The minimum absolute atomic E-state index is 0.106. The summed E-state index contributed by atoms with van der Waals surface area (Å²) in [4.78, 5) is 12.1. The summed E-state index contributed by atoms with van der Waals surface area (Å²) in [6.07, 6.45) is 4.89. The number of nitrogens with one attached hydrogen (secondary N) is 1. The highest BCUT2D eigenvalue weighted by molar-refractivity contribution is 7.91. The van der Waals surface area contributed by atoms with Gasteiger partial charge in [0.15, 0.2) is 0 Å². The van der Waals surface area contributed by atoms with Crippen molar-refractivity contribution in [2.75, 3.05) is 20.2 Å². The van der Waals surface area contributed by atoms with E-state index in [-0.39, 0.29) is 19.0 Å². The predicted molar refractivity (Wildman–Crippen MR) is 127 cm³/mol. The third-order valence-electron chi connectivity index (χ3n) is 5.25. The Morgan fingerprint density at radius 1 is 1.24 bits per heavy atom. The Bertz CT molecular complexity index is 1410. The van der Waals surface area contributed by atoms with Gasteiger partial charge in [-0.15, -0.1) is 0 Å². The van der Waals surface area contributed by atoms with Gasteiger partial charge in [-0.05, 0) is 48.4 Å². The van der Waals surface area contributed by atoms with Crippen molar-refractivity contribution in [2.45, 2.75) is 6.92 Å². The van der Waals surface area contributed by atoms with Crippen LogP contribution in [0.4, 0.5) is 4.39 Å². The lowest BCUT2D eigenvalue weighted by atomic mass is 9.99. The van der Waals surface area contributed by atoms with Crippen LogP contribution in [0.15, 0.2) is 67.0 Å². The van der Waals surface area contributed by atoms with E-state index in [1.165, 1.54) is 19.2 Å². The van der Waals surface area contributed by atoms with Crippen LogP contribution in [0.5, 0.6) is 5.75 Å². The number of aromatic nitrogens is 3. The highest BCUT2D eigenvalue weighted by Crippen LogP contribution is 2.40. The number of hydrogen-bond acceptors (Lipinski definition) is 5. The number of nitrogens with zero attached hydrogens (tertiary/aromatic N) is 3. The molecule has 0 unspecified atom stereocenters. The zero-order chi connectivity index (χ0) is 23.6. The van der Waals surface area contributed by atoms with E-state index in [0.717, 1.165) is 26.4 Å². The van der Waals surface area contributed by atoms with Gasteiger partial charge in [0.2, 0.25) is 10.0 Å². The molecule has 0 amide bonds.